The van der Waals surface area contributed by atoms with Gasteiger partial charge < -0.3 is 14.6 Å². The minimum Gasteiger partial charge on any atom is -0.433 e. The molecule has 0 aromatic carbocycles. The molecule has 0 radical (unpaired) electrons. The molecule has 0 saturated heterocycles. The maximum atomic E-state index is 11.7. The van der Waals surface area contributed by atoms with Crippen LogP contribution < -0.4 is 0 Å². The van der Waals surface area contributed by atoms with E-state index in [0.29, 0.717) is 0 Å². The molecular weight excluding hydrogens is 248 g/mol. The highest BCUT2D eigenvalue weighted by molar-refractivity contribution is 5.91. The molecule has 0 spiro atoms. The summed E-state index contributed by atoms with van der Waals surface area (Å²) >= 11 is 0. The maximum Gasteiger partial charge on any atom is 0.339 e. The lowest BCUT2D eigenvalue weighted by Crippen LogP contribution is -2.23. The number of carbonyl (C=O) groups excluding carboxylic acids is 2. The lowest BCUT2D eigenvalue weighted by molar-refractivity contribution is -0.160. The van der Waals surface area contributed by atoms with Crippen LogP contribution in [0.15, 0.2) is 23.5 Å². The number of hydrogen-bond acceptors (Lipinski definition) is 5. The predicted octanol–water partition coefficient (Wildman–Crippen LogP) is 2.31. The van der Waals surface area contributed by atoms with E-state index in [-0.39, 0.29) is 16.9 Å². The molecule has 1 atom stereocenters. The normalized spacial score (nSPS) is 14.3. The van der Waals surface area contributed by atoms with Gasteiger partial charge in [0.2, 0.25) is 0 Å². The van der Waals surface area contributed by atoms with E-state index in [1.165, 1.54) is 20.8 Å². The Kier molecular flexibility index (Phi) is 5.96. The third-order valence-electron chi connectivity index (χ3n) is 2.15. The standard InChI is InChI=1S/C14H22O5/c1-8(2)12(16)19-11(14(5,6)7)9(3)13(17)18-10(4)15/h10,15H,1H2,2-7H3/b11-9-. The first kappa shape index (κ1) is 17.4. The van der Waals surface area contributed by atoms with Crippen LogP contribution in [0.1, 0.15) is 41.5 Å². The molecule has 1 N–H and O–H groups in total. The van der Waals surface area contributed by atoms with Crippen molar-refractivity contribution in [2.75, 3.05) is 0 Å². The monoisotopic (exact) mass is 270 g/mol. The van der Waals surface area contributed by atoms with Crippen molar-refractivity contribution in [2.24, 2.45) is 5.41 Å². The van der Waals surface area contributed by atoms with E-state index in [9.17, 15) is 9.59 Å². The molecule has 0 heterocycles. The molecule has 0 aliphatic heterocycles. The molecular formula is C14H22O5. The van der Waals surface area contributed by atoms with E-state index in [0.717, 1.165) is 0 Å². The molecule has 0 rings (SSSR count). The van der Waals surface area contributed by atoms with Crippen LogP contribution in [0.25, 0.3) is 0 Å². The third kappa shape index (κ3) is 5.70. The van der Waals surface area contributed by atoms with Crippen molar-refractivity contribution < 1.29 is 24.2 Å². The first-order valence-corrected chi connectivity index (χ1v) is 5.95. The van der Waals surface area contributed by atoms with E-state index in [2.05, 4.69) is 11.3 Å². The van der Waals surface area contributed by atoms with E-state index >= 15 is 0 Å². The van der Waals surface area contributed by atoms with Gasteiger partial charge >= 0.3 is 11.9 Å². The zero-order chi connectivity index (χ0) is 15.4. The molecule has 0 aliphatic carbocycles. The van der Waals surface area contributed by atoms with E-state index < -0.39 is 23.6 Å². The third-order valence-corrected chi connectivity index (χ3v) is 2.15. The van der Waals surface area contributed by atoms with Crippen LogP contribution in [0.4, 0.5) is 0 Å². The summed E-state index contributed by atoms with van der Waals surface area (Å²) in [5.74, 6) is -1.13. The van der Waals surface area contributed by atoms with Crippen molar-refractivity contribution in [3.05, 3.63) is 23.5 Å². The first-order valence-electron chi connectivity index (χ1n) is 5.95. The predicted molar refractivity (Wildman–Crippen MR) is 70.8 cm³/mol. The Morgan fingerprint density at radius 2 is 1.63 bits per heavy atom. The van der Waals surface area contributed by atoms with Gasteiger partial charge in [-0.15, -0.1) is 0 Å². The maximum absolute atomic E-state index is 11.7. The van der Waals surface area contributed by atoms with Gasteiger partial charge in [-0.05, 0) is 20.8 Å². The molecule has 5 heteroatoms. The second kappa shape index (κ2) is 6.52. The highest BCUT2D eigenvalue weighted by atomic mass is 16.6. The van der Waals surface area contributed by atoms with Gasteiger partial charge in [0, 0.05) is 11.0 Å². The van der Waals surface area contributed by atoms with Gasteiger partial charge in [-0.3, -0.25) is 0 Å². The first-order chi connectivity index (χ1) is 8.46. The molecule has 0 aliphatic rings. The summed E-state index contributed by atoms with van der Waals surface area (Å²) in [4.78, 5) is 23.3. The van der Waals surface area contributed by atoms with Crippen molar-refractivity contribution in [3.63, 3.8) is 0 Å². The number of hydrogen-bond donors (Lipinski definition) is 1. The average Bonchev–Trinajstić information content (AvgIpc) is 2.21. The summed E-state index contributed by atoms with van der Waals surface area (Å²) in [5.41, 5.74) is -0.186. The fraction of sp³-hybridized carbons (Fsp3) is 0.571. The number of allylic oxidation sites excluding steroid dienone is 1. The number of aliphatic hydroxyl groups is 1. The number of carbonyl (C=O) groups is 2. The summed E-state index contributed by atoms with van der Waals surface area (Å²) in [6, 6.07) is 0. The van der Waals surface area contributed by atoms with Crippen LogP contribution in [0.3, 0.4) is 0 Å². The quantitative estimate of drug-likeness (QED) is 0.367. The van der Waals surface area contributed by atoms with Crippen LogP contribution >= 0.6 is 0 Å². The van der Waals surface area contributed by atoms with Gasteiger partial charge in [0.15, 0.2) is 6.29 Å². The van der Waals surface area contributed by atoms with E-state index in [1.807, 2.05) is 0 Å². The topological polar surface area (TPSA) is 72.8 Å². The largest absolute Gasteiger partial charge is 0.433 e. The van der Waals surface area contributed by atoms with Gasteiger partial charge in [0.1, 0.15) is 5.76 Å². The molecule has 0 saturated carbocycles. The Labute approximate surface area is 113 Å². The summed E-state index contributed by atoms with van der Waals surface area (Å²) < 4.78 is 9.87. The minimum absolute atomic E-state index is 0.142. The number of esters is 2. The van der Waals surface area contributed by atoms with Gasteiger partial charge in [-0.2, -0.15) is 0 Å². The van der Waals surface area contributed by atoms with Crippen molar-refractivity contribution in [3.8, 4) is 0 Å². The number of ether oxygens (including phenoxy) is 2. The Morgan fingerprint density at radius 1 is 1.16 bits per heavy atom. The SMILES string of the molecule is C=C(C)C(=O)O/C(=C(/C)C(=O)OC(C)O)C(C)(C)C. The van der Waals surface area contributed by atoms with Crippen molar-refractivity contribution in [1.29, 1.82) is 0 Å². The van der Waals surface area contributed by atoms with Crippen molar-refractivity contribution in [1.82, 2.24) is 0 Å². The van der Waals surface area contributed by atoms with Gasteiger partial charge in [-0.25, -0.2) is 9.59 Å². The van der Waals surface area contributed by atoms with Gasteiger partial charge in [0.25, 0.3) is 0 Å². The van der Waals surface area contributed by atoms with Gasteiger partial charge in [0.05, 0.1) is 5.57 Å². The van der Waals surface area contributed by atoms with Crippen molar-refractivity contribution in [2.45, 2.75) is 47.8 Å². The van der Waals surface area contributed by atoms with Crippen LogP contribution in [-0.4, -0.2) is 23.3 Å². The second-order valence-corrected chi connectivity index (χ2v) is 5.38. The van der Waals surface area contributed by atoms with Crippen LogP contribution in [0.2, 0.25) is 0 Å². The average molecular weight is 270 g/mol. The Hall–Kier alpha value is -1.62. The number of aliphatic hydroxyl groups excluding tert-OH is 1. The lowest BCUT2D eigenvalue weighted by Gasteiger charge is -2.24. The van der Waals surface area contributed by atoms with Crippen molar-refractivity contribution >= 4 is 11.9 Å². The summed E-state index contributed by atoms with van der Waals surface area (Å²) in [7, 11) is 0. The molecule has 0 aromatic heterocycles. The van der Waals surface area contributed by atoms with Gasteiger partial charge in [-0.1, -0.05) is 27.4 Å². The molecule has 0 fully saturated rings. The number of rotatable bonds is 4. The minimum atomic E-state index is -1.22. The summed E-state index contributed by atoms with van der Waals surface area (Å²) in [5, 5.41) is 9.04. The molecule has 19 heavy (non-hydrogen) atoms. The highest BCUT2D eigenvalue weighted by Gasteiger charge is 2.28. The molecule has 1 unspecified atom stereocenters. The van der Waals surface area contributed by atoms with E-state index in [1.54, 1.807) is 20.8 Å². The lowest BCUT2D eigenvalue weighted by atomic mass is 9.90. The Morgan fingerprint density at radius 3 is 1.95 bits per heavy atom. The fourth-order valence-corrected chi connectivity index (χ4v) is 1.31. The zero-order valence-corrected chi connectivity index (χ0v) is 12.4. The Balaban J connectivity index is 5.41. The smallest absolute Gasteiger partial charge is 0.339 e. The zero-order valence-electron chi connectivity index (χ0n) is 12.4. The second-order valence-electron chi connectivity index (χ2n) is 5.38. The molecule has 5 nitrogen and oxygen atoms in total. The van der Waals surface area contributed by atoms with Crippen LogP contribution in [-0.2, 0) is 19.1 Å². The fourth-order valence-electron chi connectivity index (χ4n) is 1.31. The summed E-state index contributed by atoms with van der Waals surface area (Å²) in [6.07, 6.45) is -1.22. The Bertz CT molecular complexity index is 410. The molecule has 0 bridgehead atoms. The molecule has 108 valence electrons. The molecule has 0 amide bonds. The van der Waals surface area contributed by atoms with Crippen LogP contribution in [0, 0.1) is 5.41 Å². The molecule has 0 aromatic rings. The van der Waals surface area contributed by atoms with E-state index in [4.69, 9.17) is 9.84 Å². The van der Waals surface area contributed by atoms with Crippen LogP contribution in [0.5, 0.6) is 0 Å². The summed E-state index contributed by atoms with van der Waals surface area (Å²) in [6.45, 7) is 13.2. The highest BCUT2D eigenvalue weighted by Crippen LogP contribution is 2.30.